The molecule has 0 aliphatic heterocycles. The molecule has 0 unspecified atom stereocenters. The van der Waals surface area contributed by atoms with Crippen LogP contribution in [0.1, 0.15) is 20.8 Å². The highest BCUT2D eigenvalue weighted by Gasteiger charge is 2.21. The second-order valence-corrected chi connectivity index (χ2v) is 5.50. The van der Waals surface area contributed by atoms with Crippen LogP contribution in [0.4, 0.5) is 17.3 Å². The first kappa shape index (κ1) is 14.0. The fraction of sp³-hybridized carbons (Fsp3) is 0.267. The largest absolute Gasteiger partial charge is 0.339 e. The maximum atomic E-state index is 11.8. The molecule has 2 aromatic rings. The van der Waals surface area contributed by atoms with Crippen LogP contribution in [0.3, 0.4) is 0 Å². The lowest BCUT2D eigenvalue weighted by Crippen LogP contribution is -2.28. The van der Waals surface area contributed by atoms with Crippen molar-refractivity contribution in [3.8, 4) is 0 Å². The van der Waals surface area contributed by atoms with Gasteiger partial charge < -0.3 is 10.6 Å². The number of para-hydroxylation sites is 1. The molecule has 2 N–H and O–H groups in total. The fourth-order valence-electron chi connectivity index (χ4n) is 1.44. The van der Waals surface area contributed by atoms with Crippen molar-refractivity contribution in [2.75, 3.05) is 10.6 Å². The van der Waals surface area contributed by atoms with E-state index in [9.17, 15) is 4.79 Å². The molecule has 5 nitrogen and oxygen atoms in total. The molecule has 20 heavy (non-hydrogen) atoms. The summed E-state index contributed by atoms with van der Waals surface area (Å²) in [6.07, 6.45) is 0. The summed E-state index contributed by atoms with van der Waals surface area (Å²) >= 11 is 0. The number of nitrogens with zero attached hydrogens (tertiary/aromatic N) is 2. The van der Waals surface area contributed by atoms with E-state index in [0.717, 1.165) is 5.69 Å². The van der Waals surface area contributed by atoms with Crippen LogP contribution in [-0.2, 0) is 4.79 Å². The number of amides is 1. The van der Waals surface area contributed by atoms with E-state index in [-0.39, 0.29) is 5.91 Å². The lowest BCUT2D eigenvalue weighted by atomic mass is 9.96. The number of anilines is 3. The van der Waals surface area contributed by atoms with E-state index in [1.165, 1.54) is 0 Å². The lowest BCUT2D eigenvalue weighted by molar-refractivity contribution is -0.123. The second kappa shape index (κ2) is 5.69. The van der Waals surface area contributed by atoms with Crippen molar-refractivity contribution in [2.45, 2.75) is 20.8 Å². The Morgan fingerprint density at radius 1 is 0.950 bits per heavy atom. The summed E-state index contributed by atoms with van der Waals surface area (Å²) in [6, 6.07) is 13.2. The quantitative estimate of drug-likeness (QED) is 0.898. The van der Waals surface area contributed by atoms with Crippen LogP contribution in [0.25, 0.3) is 0 Å². The molecule has 1 heterocycles. The zero-order valence-electron chi connectivity index (χ0n) is 11.8. The van der Waals surface area contributed by atoms with E-state index in [1.807, 2.05) is 51.1 Å². The van der Waals surface area contributed by atoms with Crippen molar-refractivity contribution in [2.24, 2.45) is 5.41 Å². The molecule has 5 heteroatoms. The summed E-state index contributed by atoms with van der Waals surface area (Å²) in [5, 5.41) is 13.9. The minimum atomic E-state index is -0.456. The van der Waals surface area contributed by atoms with Crippen molar-refractivity contribution < 1.29 is 4.79 Å². The van der Waals surface area contributed by atoms with Crippen LogP contribution in [0.15, 0.2) is 42.5 Å². The highest BCUT2D eigenvalue weighted by molar-refractivity contribution is 5.93. The van der Waals surface area contributed by atoms with Gasteiger partial charge in [0.15, 0.2) is 11.6 Å². The van der Waals surface area contributed by atoms with Gasteiger partial charge in [-0.05, 0) is 24.3 Å². The molecule has 0 atom stereocenters. The van der Waals surface area contributed by atoms with Crippen LogP contribution in [-0.4, -0.2) is 16.1 Å². The molecule has 0 aliphatic carbocycles. The van der Waals surface area contributed by atoms with Gasteiger partial charge in [0.1, 0.15) is 0 Å². The topological polar surface area (TPSA) is 66.9 Å². The molecule has 0 fully saturated rings. The standard InChI is InChI=1S/C15H18N4O/c1-15(2,3)14(20)17-13-10-9-12(18-19-13)16-11-7-5-4-6-8-11/h4-10H,1-3H3,(H,16,18)(H,17,19,20). The van der Waals surface area contributed by atoms with E-state index in [4.69, 9.17) is 0 Å². The summed E-state index contributed by atoms with van der Waals surface area (Å²) in [5.74, 6) is 0.990. The average Bonchev–Trinajstić information content (AvgIpc) is 2.41. The summed E-state index contributed by atoms with van der Waals surface area (Å²) in [5.41, 5.74) is 0.483. The third-order valence-corrected chi connectivity index (χ3v) is 2.63. The first-order valence-corrected chi connectivity index (χ1v) is 6.42. The van der Waals surface area contributed by atoms with Gasteiger partial charge in [-0.3, -0.25) is 4.79 Å². The van der Waals surface area contributed by atoms with Crippen molar-refractivity contribution in [1.82, 2.24) is 10.2 Å². The van der Waals surface area contributed by atoms with Gasteiger partial charge in [-0.2, -0.15) is 0 Å². The highest BCUT2D eigenvalue weighted by atomic mass is 16.2. The Morgan fingerprint density at radius 3 is 2.10 bits per heavy atom. The number of nitrogens with one attached hydrogen (secondary N) is 2. The lowest BCUT2D eigenvalue weighted by Gasteiger charge is -2.16. The van der Waals surface area contributed by atoms with E-state index in [1.54, 1.807) is 12.1 Å². The summed E-state index contributed by atoms with van der Waals surface area (Å²) in [7, 11) is 0. The molecule has 104 valence electrons. The van der Waals surface area contributed by atoms with Gasteiger partial charge in [0.25, 0.3) is 0 Å². The second-order valence-electron chi connectivity index (χ2n) is 5.50. The monoisotopic (exact) mass is 270 g/mol. The van der Waals surface area contributed by atoms with Crippen molar-refractivity contribution in [3.05, 3.63) is 42.5 Å². The number of benzene rings is 1. The average molecular weight is 270 g/mol. The van der Waals surface area contributed by atoms with E-state index < -0.39 is 5.41 Å². The molecule has 1 aromatic heterocycles. The highest BCUT2D eigenvalue weighted by Crippen LogP contribution is 2.17. The third-order valence-electron chi connectivity index (χ3n) is 2.63. The summed E-state index contributed by atoms with van der Waals surface area (Å²) in [6.45, 7) is 5.54. The normalized spacial score (nSPS) is 10.9. The molecule has 0 saturated heterocycles. The van der Waals surface area contributed by atoms with E-state index in [2.05, 4.69) is 20.8 Å². The van der Waals surface area contributed by atoms with Gasteiger partial charge in [0, 0.05) is 11.1 Å². The molecule has 1 aromatic carbocycles. The number of aromatic nitrogens is 2. The Balaban J connectivity index is 2.02. The number of carbonyl (C=O) groups excluding carboxylic acids is 1. The first-order chi connectivity index (χ1) is 9.45. The number of rotatable bonds is 3. The molecule has 0 radical (unpaired) electrons. The maximum absolute atomic E-state index is 11.8. The first-order valence-electron chi connectivity index (χ1n) is 6.42. The Hall–Kier alpha value is -2.43. The SMILES string of the molecule is CC(C)(C)C(=O)Nc1ccc(Nc2ccccc2)nn1. The molecule has 0 spiro atoms. The molecular weight excluding hydrogens is 252 g/mol. The van der Waals surface area contributed by atoms with Gasteiger partial charge in [-0.25, -0.2) is 0 Å². The van der Waals surface area contributed by atoms with E-state index >= 15 is 0 Å². The Morgan fingerprint density at radius 2 is 1.55 bits per heavy atom. The van der Waals surface area contributed by atoms with Crippen molar-refractivity contribution >= 4 is 23.2 Å². The van der Waals surface area contributed by atoms with Gasteiger partial charge >= 0.3 is 0 Å². The summed E-state index contributed by atoms with van der Waals surface area (Å²) < 4.78 is 0. The number of hydrogen-bond acceptors (Lipinski definition) is 4. The maximum Gasteiger partial charge on any atom is 0.230 e. The van der Waals surface area contributed by atoms with Crippen LogP contribution in [0.2, 0.25) is 0 Å². The molecule has 1 amide bonds. The van der Waals surface area contributed by atoms with Crippen LogP contribution >= 0.6 is 0 Å². The Bertz CT molecular complexity index is 573. The van der Waals surface area contributed by atoms with Crippen LogP contribution < -0.4 is 10.6 Å². The zero-order chi connectivity index (χ0) is 14.6. The predicted molar refractivity (Wildman–Crippen MR) is 79.8 cm³/mol. The van der Waals surface area contributed by atoms with Gasteiger partial charge in [-0.15, -0.1) is 10.2 Å². The zero-order valence-corrected chi connectivity index (χ0v) is 11.8. The van der Waals surface area contributed by atoms with Crippen LogP contribution in [0, 0.1) is 5.41 Å². The molecule has 0 saturated carbocycles. The Labute approximate surface area is 118 Å². The number of hydrogen-bond donors (Lipinski definition) is 2. The van der Waals surface area contributed by atoms with Crippen molar-refractivity contribution in [3.63, 3.8) is 0 Å². The molecule has 2 rings (SSSR count). The number of carbonyl (C=O) groups is 1. The fourth-order valence-corrected chi connectivity index (χ4v) is 1.44. The molecular formula is C15H18N4O. The smallest absolute Gasteiger partial charge is 0.230 e. The Kier molecular flexibility index (Phi) is 3.98. The van der Waals surface area contributed by atoms with Gasteiger partial charge in [0.2, 0.25) is 5.91 Å². The van der Waals surface area contributed by atoms with Crippen LogP contribution in [0.5, 0.6) is 0 Å². The van der Waals surface area contributed by atoms with E-state index in [0.29, 0.717) is 11.6 Å². The van der Waals surface area contributed by atoms with Gasteiger partial charge in [-0.1, -0.05) is 39.0 Å². The minimum Gasteiger partial charge on any atom is -0.339 e. The van der Waals surface area contributed by atoms with Gasteiger partial charge in [0.05, 0.1) is 0 Å². The summed E-state index contributed by atoms with van der Waals surface area (Å²) in [4.78, 5) is 11.8. The molecule has 0 aliphatic rings. The minimum absolute atomic E-state index is 0.0874. The third kappa shape index (κ3) is 3.78. The molecule has 0 bridgehead atoms. The van der Waals surface area contributed by atoms with Crippen molar-refractivity contribution in [1.29, 1.82) is 0 Å². The predicted octanol–water partition coefficient (Wildman–Crippen LogP) is 3.20.